The van der Waals surface area contributed by atoms with E-state index in [-0.39, 0.29) is 6.04 Å². The number of benzene rings is 3. The summed E-state index contributed by atoms with van der Waals surface area (Å²) < 4.78 is 5.91. The number of allylic oxidation sites excluding steroid dienone is 1. The van der Waals surface area contributed by atoms with Gasteiger partial charge in [0.05, 0.1) is 11.6 Å². The van der Waals surface area contributed by atoms with Gasteiger partial charge >= 0.3 is 0 Å². The number of thiocarbonyl (C=S) groups is 1. The Kier molecular flexibility index (Phi) is 5.69. The average molecular weight is 493 g/mol. The Hall–Kier alpha value is -3.77. The lowest BCUT2D eigenvalue weighted by Gasteiger charge is -2.37. The van der Waals surface area contributed by atoms with Crippen LogP contribution in [-0.4, -0.2) is 15.3 Å². The molecule has 3 aromatic carbocycles. The zero-order valence-electron chi connectivity index (χ0n) is 20.7. The highest BCUT2D eigenvalue weighted by atomic mass is 32.1. The van der Waals surface area contributed by atoms with E-state index < -0.39 is 0 Å². The lowest BCUT2D eigenvalue weighted by atomic mass is 9.94. The fourth-order valence-electron chi connectivity index (χ4n) is 5.27. The first-order valence-corrected chi connectivity index (χ1v) is 12.8. The largest absolute Gasteiger partial charge is 0.351 e. The van der Waals surface area contributed by atoms with Crippen LogP contribution in [0.2, 0.25) is 0 Å². The van der Waals surface area contributed by atoms with Gasteiger partial charge in [0.15, 0.2) is 5.11 Å². The number of nitrogens with one attached hydrogen (secondary N) is 1. The molecule has 0 saturated carbocycles. The average Bonchev–Trinajstić information content (AvgIpc) is 3.54. The van der Waals surface area contributed by atoms with Crippen LogP contribution in [0.3, 0.4) is 0 Å². The van der Waals surface area contributed by atoms with Crippen LogP contribution in [0.15, 0.2) is 77.0 Å². The Labute approximate surface area is 216 Å². The van der Waals surface area contributed by atoms with E-state index in [9.17, 15) is 0 Å². The number of fused-ring (bicyclic) bond motifs is 1. The molecule has 0 radical (unpaired) electrons. The van der Waals surface area contributed by atoms with Crippen LogP contribution >= 0.6 is 12.2 Å². The van der Waals surface area contributed by atoms with Crippen LogP contribution in [-0.2, 0) is 12.8 Å². The third kappa shape index (κ3) is 4.01. The summed E-state index contributed by atoms with van der Waals surface area (Å²) >= 11 is 5.93. The molecule has 1 aliphatic heterocycles. The second kappa shape index (κ2) is 9.03. The first-order valence-electron chi connectivity index (χ1n) is 12.4. The summed E-state index contributed by atoms with van der Waals surface area (Å²) in [5, 5.41) is 8.59. The molecule has 2 aliphatic rings. The monoisotopic (exact) mass is 492 g/mol. The molecule has 180 valence electrons. The number of hydrogen-bond donors (Lipinski definition) is 1. The number of nitrogens with zero attached hydrogens (tertiary/aromatic N) is 3. The van der Waals surface area contributed by atoms with Crippen LogP contribution in [0.25, 0.3) is 17.0 Å². The number of anilines is 1. The first-order chi connectivity index (χ1) is 17.5. The van der Waals surface area contributed by atoms with Crippen molar-refractivity contribution >= 4 is 28.6 Å². The minimum absolute atomic E-state index is 0.199. The molecule has 1 unspecified atom stereocenters. The molecule has 0 fully saturated rings. The Bertz CT molecular complexity index is 1500. The maximum absolute atomic E-state index is 5.93. The van der Waals surface area contributed by atoms with E-state index in [4.69, 9.17) is 21.7 Å². The molecule has 1 aromatic heterocycles. The molecule has 6 heteroatoms. The van der Waals surface area contributed by atoms with Crippen LogP contribution in [0, 0.1) is 13.8 Å². The van der Waals surface area contributed by atoms with Crippen molar-refractivity contribution in [3.8, 4) is 11.4 Å². The summed E-state index contributed by atoms with van der Waals surface area (Å²) in [6, 6.07) is 23.1. The maximum Gasteiger partial charge on any atom is 0.258 e. The van der Waals surface area contributed by atoms with Gasteiger partial charge < -0.3 is 9.84 Å². The van der Waals surface area contributed by atoms with Crippen LogP contribution in [0.5, 0.6) is 0 Å². The summed E-state index contributed by atoms with van der Waals surface area (Å²) in [5.74, 6) is 1.07. The zero-order chi connectivity index (χ0) is 24.8. The molecule has 0 bridgehead atoms. The highest BCUT2D eigenvalue weighted by molar-refractivity contribution is 7.80. The normalized spacial score (nSPS) is 17.4. The highest BCUT2D eigenvalue weighted by Crippen LogP contribution is 2.40. The predicted octanol–water partition coefficient (Wildman–Crippen LogP) is 6.71. The van der Waals surface area contributed by atoms with Crippen molar-refractivity contribution in [2.45, 2.75) is 46.1 Å². The Morgan fingerprint density at radius 2 is 1.72 bits per heavy atom. The van der Waals surface area contributed by atoms with Gasteiger partial charge in [-0.1, -0.05) is 64.8 Å². The summed E-state index contributed by atoms with van der Waals surface area (Å²) in [6.45, 7) is 6.24. The molecule has 0 spiro atoms. The van der Waals surface area contributed by atoms with E-state index in [1.807, 2.05) is 12.1 Å². The van der Waals surface area contributed by atoms with Gasteiger partial charge in [-0.3, -0.25) is 4.90 Å². The third-order valence-corrected chi connectivity index (χ3v) is 7.47. The van der Waals surface area contributed by atoms with Gasteiger partial charge in [-0.05, 0) is 87.1 Å². The van der Waals surface area contributed by atoms with E-state index >= 15 is 0 Å². The van der Waals surface area contributed by atoms with Gasteiger partial charge in [0, 0.05) is 16.9 Å². The Morgan fingerprint density at radius 3 is 2.53 bits per heavy atom. The molecule has 1 atom stereocenters. The molecule has 0 amide bonds. The fraction of sp³-hybridized carbons (Fsp3) is 0.233. The van der Waals surface area contributed by atoms with Crippen molar-refractivity contribution in [1.29, 1.82) is 0 Å². The molecule has 6 rings (SSSR count). The minimum Gasteiger partial charge on any atom is -0.351 e. The van der Waals surface area contributed by atoms with Gasteiger partial charge in [-0.15, -0.1) is 0 Å². The Balaban J connectivity index is 1.49. The SMILES string of the molecule is CC1=C(c2nc(-c3cccc(C)c3)no2)C(c2ccc(C)cc2)NC(=S)N1c1ccc2c(c1)CCC2. The molecule has 0 saturated heterocycles. The Morgan fingerprint density at radius 1 is 0.917 bits per heavy atom. The van der Waals surface area contributed by atoms with Crippen molar-refractivity contribution in [1.82, 2.24) is 15.5 Å². The number of hydrogen-bond acceptors (Lipinski definition) is 4. The van der Waals surface area contributed by atoms with Crippen molar-refractivity contribution < 1.29 is 4.52 Å². The summed E-state index contributed by atoms with van der Waals surface area (Å²) in [5.41, 5.74) is 10.2. The molecule has 36 heavy (non-hydrogen) atoms. The molecular weight excluding hydrogens is 464 g/mol. The van der Waals surface area contributed by atoms with Gasteiger partial charge in [-0.25, -0.2) is 0 Å². The van der Waals surface area contributed by atoms with E-state index in [0.717, 1.165) is 46.5 Å². The van der Waals surface area contributed by atoms with Crippen LogP contribution in [0.1, 0.15) is 53.1 Å². The van der Waals surface area contributed by atoms with Gasteiger partial charge in [0.25, 0.3) is 5.89 Å². The fourth-order valence-corrected chi connectivity index (χ4v) is 5.63. The van der Waals surface area contributed by atoms with Gasteiger partial charge in [-0.2, -0.15) is 4.98 Å². The smallest absolute Gasteiger partial charge is 0.258 e. The quantitative estimate of drug-likeness (QED) is 0.320. The topological polar surface area (TPSA) is 54.2 Å². The zero-order valence-corrected chi connectivity index (χ0v) is 21.5. The summed E-state index contributed by atoms with van der Waals surface area (Å²) in [6.07, 6.45) is 3.47. The molecule has 5 nitrogen and oxygen atoms in total. The summed E-state index contributed by atoms with van der Waals surface area (Å²) in [4.78, 5) is 6.96. The van der Waals surface area contributed by atoms with Crippen LogP contribution in [0.4, 0.5) is 5.69 Å². The van der Waals surface area contributed by atoms with Crippen molar-refractivity contribution in [2.75, 3.05) is 4.90 Å². The molecule has 4 aromatic rings. The molecule has 2 heterocycles. The molecule has 1 aliphatic carbocycles. The van der Waals surface area contributed by atoms with E-state index in [2.05, 4.69) is 90.7 Å². The van der Waals surface area contributed by atoms with E-state index in [1.54, 1.807) is 0 Å². The van der Waals surface area contributed by atoms with Gasteiger partial charge in [0.2, 0.25) is 5.82 Å². The minimum atomic E-state index is -0.199. The van der Waals surface area contributed by atoms with Crippen molar-refractivity contribution in [3.63, 3.8) is 0 Å². The third-order valence-electron chi connectivity index (χ3n) is 7.17. The number of rotatable bonds is 4. The number of aromatic nitrogens is 2. The van der Waals surface area contributed by atoms with Crippen molar-refractivity contribution in [2.24, 2.45) is 0 Å². The van der Waals surface area contributed by atoms with E-state index in [0.29, 0.717) is 16.8 Å². The standard InChI is InChI=1S/C30H28N4OS/c1-18-10-12-22(13-11-18)27-26(29-32-28(33-35-29)24-9-4-6-19(2)16-24)20(3)34(30(36)31-27)25-15-14-21-7-5-8-23(21)17-25/h4,6,9-17,27H,5,7-8H2,1-3H3,(H,31,36). The first kappa shape index (κ1) is 22.7. The van der Waals surface area contributed by atoms with Crippen molar-refractivity contribution in [3.05, 3.63) is 106 Å². The predicted molar refractivity (Wildman–Crippen MR) is 148 cm³/mol. The van der Waals surface area contributed by atoms with Crippen LogP contribution < -0.4 is 10.2 Å². The number of aryl methyl sites for hydroxylation is 4. The lowest BCUT2D eigenvalue weighted by Crippen LogP contribution is -2.46. The van der Waals surface area contributed by atoms with Gasteiger partial charge in [0.1, 0.15) is 0 Å². The lowest BCUT2D eigenvalue weighted by molar-refractivity contribution is 0.404. The molecular formula is C30H28N4OS. The maximum atomic E-state index is 5.93. The molecule has 1 N–H and O–H groups in total. The van der Waals surface area contributed by atoms with E-state index in [1.165, 1.54) is 23.1 Å². The summed E-state index contributed by atoms with van der Waals surface area (Å²) in [7, 11) is 0. The highest BCUT2D eigenvalue weighted by Gasteiger charge is 2.35. The second-order valence-corrected chi connectivity index (χ2v) is 10.1. The second-order valence-electron chi connectivity index (χ2n) is 9.73.